The summed E-state index contributed by atoms with van der Waals surface area (Å²) >= 11 is 0. The Bertz CT molecular complexity index is 166. The molecule has 2 rings (SSSR count). The van der Waals surface area contributed by atoms with Gasteiger partial charge in [0.05, 0.1) is 0 Å². The summed E-state index contributed by atoms with van der Waals surface area (Å²) in [5.41, 5.74) is 0.323. The van der Waals surface area contributed by atoms with E-state index in [-0.39, 0.29) is 0 Å². The van der Waals surface area contributed by atoms with E-state index in [1.165, 1.54) is 32.4 Å². The first-order valence-electron chi connectivity index (χ1n) is 6.07. The molecular formula is C12H25NO. The molecule has 1 aliphatic heterocycles. The summed E-state index contributed by atoms with van der Waals surface area (Å²) in [6.07, 6.45) is 3.84. The van der Waals surface area contributed by atoms with Crippen LogP contribution in [0.4, 0.5) is 0 Å². The minimum absolute atomic E-state index is 0.323. The highest BCUT2D eigenvalue weighted by atomic mass is 16.3. The van der Waals surface area contributed by atoms with Crippen LogP contribution < -0.4 is 0 Å². The number of aliphatic hydroxyl groups is 1. The van der Waals surface area contributed by atoms with Crippen molar-refractivity contribution in [2.45, 2.75) is 40.0 Å². The van der Waals surface area contributed by atoms with E-state index in [0.29, 0.717) is 12.0 Å². The van der Waals surface area contributed by atoms with Crippen LogP contribution in [-0.4, -0.2) is 36.2 Å². The summed E-state index contributed by atoms with van der Waals surface area (Å²) in [5.74, 6) is 0.875. The largest absolute Gasteiger partial charge is 0.396 e. The molecule has 2 nitrogen and oxygen atoms in total. The van der Waals surface area contributed by atoms with E-state index in [9.17, 15) is 0 Å². The second-order valence-electron chi connectivity index (χ2n) is 4.79. The average molecular weight is 199 g/mol. The van der Waals surface area contributed by atoms with Gasteiger partial charge in [-0.1, -0.05) is 20.8 Å². The fourth-order valence-electron chi connectivity index (χ4n) is 2.19. The van der Waals surface area contributed by atoms with Gasteiger partial charge in [0.1, 0.15) is 0 Å². The van der Waals surface area contributed by atoms with Crippen LogP contribution >= 0.6 is 0 Å². The molecule has 1 saturated heterocycles. The van der Waals surface area contributed by atoms with Crippen LogP contribution in [0.5, 0.6) is 0 Å². The Hall–Kier alpha value is -0.0800. The van der Waals surface area contributed by atoms with Crippen molar-refractivity contribution in [3.8, 4) is 0 Å². The standard InChI is InChI=1S/C10H19NO.C2H6/c1-9-2-5-11(6-9)7-10(8-12)3-4-10;1-2/h9,12H,2-8H2,1H3;1-2H3/t9-;/m0./s1. The summed E-state index contributed by atoms with van der Waals surface area (Å²) < 4.78 is 0. The van der Waals surface area contributed by atoms with Gasteiger partial charge in [0.15, 0.2) is 0 Å². The lowest BCUT2D eigenvalue weighted by Crippen LogP contribution is -2.30. The Morgan fingerprint density at radius 1 is 1.36 bits per heavy atom. The van der Waals surface area contributed by atoms with Crippen molar-refractivity contribution in [3.63, 3.8) is 0 Å². The van der Waals surface area contributed by atoms with Crippen molar-refractivity contribution in [1.82, 2.24) is 4.90 Å². The molecule has 0 aromatic rings. The lowest BCUT2D eigenvalue weighted by molar-refractivity contribution is 0.162. The number of hydrogen-bond acceptors (Lipinski definition) is 2. The molecule has 1 aliphatic carbocycles. The van der Waals surface area contributed by atoms with Crippen LogP contribution in [0.2, 0.25) is 0 Å². The molecule has 1 atom stereocenters. The van der Waals surface area contributed by atoms with Gasteiger partial charge in [0, 0.05) is 25.1 Å². The number of aliphatic hydroxyl groups excluding tert-OH is 1. The highest BCUT2D eigenvalue weighted by molar-refractivity contribution is 4.95. The Labute approximate surface area is 88.3 Å². The maximum Gasteiger partial charge on any atom is 0.0499 e. The van der Waals surface area contributed by atoms with Gasteiger partial charge < -0.3 is 10.0 Å². The summed E-state index contributed by atoms with van der Waals surface area (Å²) in [6, 6.07) is 0. The third kappa shape index (κ3) is 2.96. The van der Waals surface area contributed by atoms with Gasteiger partial charge in [0.25, 0.3) is 0 Å². The zero-order valence-corrected chi connectivity index (χ0v) is 9.92. The summed E-state index contributed by atoms with van der Waals surface area (Å²) in [5, 5.41) is 9.16. The molecule has 2 fully saturated rings. The van der Waals surface area contributed by atoms with Crippen molar-refractivity contribution >= 4 is 0 Å². The van der Waals surface area contributed by atoms with Crippen LogP contribution in [0.15, 0.2) is 0 Å². The fourth-order valence-corrected chi connectivity index (χ4v) is 2.19. The van der Waals surface area contributed by atoms with Gasteiger partial charge in [-0.05, 0) is 31.7 Å². The van der Waals surface area contributed by atoms with Crippen LogP contribution in [0.1, 0.15) is 40.0 Å². The van der Waals surface area contributed by atoms with Gasteiger partial charge >= 0.3 is 0 Å². The first-order valence-corrected chi connectivity index (χ1v) is 6.07. The van der Waals surface area contributed by atoms with Crippen molar-refractivity contribution in [2.75, 3.05) is 26.2 Å². The Balaban J connectivity index is 0.000000461. The summed E-state index contributed by atoms with van der Waals surface area (Å²) in [6.45, 7) is 10.4. The van der Waals surface area contributed by atoms with Crippen molar-refractivity contribution < 1.29 is 5.11 Å². The van der Waals surface area contributed by atoms with E-state index in [1.54, 1.807) is 0 Å². The van der Waals surface area contributed by atoms with Gasteiger partial charge in [-0.2, -0.15) is 0 Å². The first-order chi connectivity index (χ1) is 6.74. The van der Waals surface area contributed by atoms with Crippen molar-refractivity contribution in [2.24, 2.45) is 11.3 Å². The Morgan fingerprint density at radius 2 is 2.00 bits per heavy atom. The third-order valence-corrected chi connectivity index (χ3v) is 3.36. The quantitative estimate of drug-likeness (QED) is 0.752. The minimum Gasteiger partial charge on any atom is -0.396 e. The Morgan fingerprint density at radius 3 is 2.36 bits per heavy atom. The van der Waals surface area contributed by atoms with E-state index >= 15 is 0 Å². The average Bonchev–Trinajstić information content (AvgIpc) is 2.87. The topological polar surface area (TPSA) is 23.5 Å². The predicted octanol–water partition coefficient (Wildman–Crippen LogP) is 2.13. The van der Waals surface area contributed by atoms with E-state index in [0.717, 1.165) is 12.5 Å². The highest BCUT2D eigenvalue weighted by Gasteiger charge is 2.43. The Kier molecular flexibility index (Phi) is 4.39. The molecule has 1 saturated carbocycles. The maximum absolute atomic E-state index is 9.16. The molecule has 0 unspecified atom stereocenters. The molecular weight excluding hydrogens is 174 g/mol. The van der Waals surface area contributed by atoms with Gasteiger partial charge in [-0.15, -0.1) is 0 Å². The molecule has 2 aliphatic rings. The number of likely N-dealkylation sites (tertiary alicyclic amines) is 1. The monoisotopic (exact) mass is 199 g/mol. The van der Waals surface area contributed by atoms with E-state index in [1.807, 2.05) is 13.8 Å². The van der Waals surface area contributed by atoms with Crippen molar-refractivity contribution in [3.05, 3.63) is 0 Å². The molecule has 0 amide bonds. The van der Waals surface area contributed by atoms with E-state index in [4.69, 9.17) is 5.11 Å². The smallest absolute Gasteiger partial charge is 0.0499 e. The molecule has 84 valence electrons. The molecule has 14 heavy (non-hydrogen) atoms. The molecule has 1 heterocycles. The molecule has 0 aromatic carbocycles. The third-order valence-electron chi connectivity index (χ3n) is 3.36. The van der Waals surface area contributed by atoms with E-state index < -0.39 is 0 Å². The molecule has 0 bridgehead atoms. The van der Waals surface area contributed by atoms with Crippen LogP contribution in [0.25, 0.3) is 0 Å². The summed E-state index contributed by atoms with van der Waals surface area (Å²) in [4.78, 5) is 2.52. The first kappa shape index (κ1) is 12.0. The molecule has 1 N–H and O–H groups in total. The SMILES string of the molecule is CC.C[C@H]1CCN(CC2(CO)CC2)C1. The molecule has 0 aromatic heterocycles. The zero-order chi connectivity index (χ0) is 10.6. The number of rotatable bonds is 3. The highest BCUT2D eigenvalue weighted by Crippen LogP contribution is 2.46. The summed E-state index contributed by atoms with van der Waals surface area (Å²) in [7, 11) is 0. The second kappa shape index (κ2) is 5.13. The van der Waals surface area contributed by atoms with Crippen LogP contribution in [0.3, 0.4) is 0 Å². The number of hydrogen-bond donors (Lipinski definition) is 1. The van der Waals surface area contributed by atoms with Crippen molar-refractivity contribution in [1.29, 1.82) is 0 Å². The van der Waals surface area contributed by atoms with Crippen LogP contribution in [0, 0.1) is 11.3 Å². The predicted molar refractivity (Wildman–Crippen MR) is 60.3 cm³/mol. The maximum atomic E-state index is 9.16. The van der Waals surface area contributed by atoms with Gasteiger partial charge in [-0.3, -0.25) is 0 Å². The molecule has 0 spiro atoms. The lowest BCUT2D eigenvalue weighted by atomic mass is 10.1. The van der Waals surface area contributed by atoms with Gasteiger partial charge in [0.2, 0.25) is 0 Å². The fraction of sp³-hybridized carbons (Fsp3) is 1.00. The minimum atomic E-state index is 0.323. The van der Waals surface area contributed by atoms with E-state index in [2.05, 4.69) is 11.8 Å². The normalized spacial score (nSPS) is 29.6. The number of nitrogens with zero attached hydrogens (tertiary/aromatic N) is 1. The zero-order valence-electron chi connectivity index (χ0n) is 9.92. The molecule has 2 heteroatoms. The molecule has 0 radical (unpaired) electrons. The van der Waals surface area contributed by atoms with Crippen LogP contribution in [-0.2, 0) is 0 Å². The lowest BCUT2D eigenvalue weighted by Gasteiger charge is -2.21. The van der Waals surface area contributed by atoms with Gasteiger partial charge in [-0.25, -0.2) is 0 Å². The second-order valence-corrected chi connectivity index (χ2v) is 4.79.